The van der Waals surface area contributed by atoms with E-state index in [1.54, 1.807) is 0 Å². The zero-order chi connectivity index (χ0) is 45.8. The van der Waals surface area contributed by atoms with Gasteiger partial charge in [-0.3, -0.25) is 0 Å². The standard InChI is InChI=1S/C66H55N/c1-64(2,3)50-30-24-44(25-31-50)42-20-22-43(23-21-42)45-26-32-51(33-27-45)67(52-34-36-59-57(41-52)56-38-47-15-8-9-16-48(47)39-61(56)66(59,6)7)62-37-29-46-14-10-11-17-53(46)63(62)49-28-35-55-54-18-12-13-19-58(54)65(4,5)60(55)40-49/h8-41H,1-7H3. The topological polar surface area (TPSA) is 3.24 Å². The third-order valence-corrected chi connectivity index (χ3v) is 15.2. The normalized spacial score (nSPS) is 14.1. The number of hydrogen-bond donors (Lipinski definition) is 0. The second kappa shape index (κ2) is 15.0. The van der Waals surface area contributed by atoms with Gasteiger partial charge in [-0.15, -0.1) is 0 Å². The van der Waals surface area contributed by atoms with Gasteiger partial charge in [0.1, 0.15) is 0 Å². The van der Waals surface area contributed by atoms with Gasteiger partial charge in [-0.25, -0.2) is 0 Å². The van der Waals surface area contributed by atoms with Crippen molar-refractivity contribution in [1.29, 1.82) is 0 Å². The molecule has 0 heterocycles. The lowest BCUT2D eigenvalue weighted by molar-refractivity contribution is 0.590. The van der Waals surface area contributed by atoms with Crippen molar-refractivity contribution < 1.29 is 0 Å². The average molecular weight is 862 g/mol. The maximum atomic E-state index is 2.51. The fourth-order valence-electron chi connectivity index (χ4n) is 11.4. The van der Waals surface area contributed by atoms with Crippen molar-refractivity contribution in [2.75, 3.05) is 4.90 Å². The van der Waals surface area contributed by atoms with E-state index in [4.69, 9.17) is 0 Å². The van der Waals surface area contributed by atoms with Crippen LogP contribution in [0.4, 0.5) is 17.1 Å². The summed E-state index contributed by atoms with van der Waals surface area (Å²) in [6.45, 7) is 16.3. The van der Waals surface area contributed by atoms with Gasteiger partial charge < -0.3 is 4.90 Å². The molecule has 0 saturated heterocycles. The van der Waals surface area contributed by atoms with E-state index in [-0.39, 0.29) is 16.2 Å². The molecule has 10 aromatic rings. The minimum absolute atomic E-state index is 0.123. The molecule has 10 aromatic carbocycles. The van der Waals surface area contributed by atoms with Gasteiger partial charge >= 0.3 is 0 Å². The summed E-state index contributed by atoms with van der Waals surface area (Å²) in [6, 6.07) is 77.8. The van der Waals surface area contributed by atoms with Gasteiger partial charge in [0.15, 0.2) is 0 Å². The third-order valence-electron chi connectivity index (χ3n) is 15.2. The molecule has 0 bridgehead atoms. The van der Waals surface area contributed by atoms with Crippen molar-refractivity contribution in [2.24, 2.45) is 0 Å². The van der Waals surface area contributed by atoms with Crippen molar-refractivity contribution >= 4 is 38.6 Å². The fourth-order valence-corrected chi connectivity index (χ4v) is 11.4. The molecular weight excluding hydrogens is 807 g/mol. The van der Waals surface area contributed by atoms with Crippen molar-refractivity contribution in [2.45, 2.75) is 64.7 Å². The molecule has 0 spiro atoms. The zero-order valence-corrected chi connectivity index (χ0v) is 39.6. The van der Waals surface area contributed by atoms with E-state index in [1.165, 1.54) is 105 Å². The Balaban J connectivity index is 1.02. The van der Waals surface area contributed by atoms with Crippen LogP contribution in [-0.4, -0.2) is 0 Å². The first-order valence-corrected chi connectivity index (χ1v) is 23.9. The molecule has 0 saturated carbocycles. The first-order chi connectivity index (χ1) is 32.3. The number of rotatable bonds is 6. The van der Waals surface area contributed by atoms with Gasteiger partial charge in [0, 0.05) is 27.8 Å². The first kappa shape index (κ1) is 41.0. The minimum Gasteiger partial charge on any atom is -0.310 e. The summed E-state index contributed by atoms with van der Waals surface area (Å²) in [5.41, 5.74) is 22.7. The predicted octanol–water partition coefficient (Wildman–Crippen LogP) is 18.4. The molecule has 0 aromatic heterocycles. The van der Waals surface area contributed by atoms with Crippen LogP contribution >= 0.6 is 0 Å². The van der Waals surface area contributed by atoms with E-state index in [0.717, 1.165) is 17.1 Å². The number of hydrogen-bond acceptors (Lipinski definition) is 1. The van der Waals surface area contributed by atoms with E-state index in [2.05, 4.69) is 260 Å². The Hall–Kier alpha value is -7.48. The molecule has 324 valence electrons. The molecule has 1 nitrogen and oxygen atoms in total. The van der Waals surface area contributed by atoms with Crippen LogP contribution in [-0.2, 0) is 16.2 Å². The summed E-state index contributed by atoms with van der Waals surface area (Å²) in [5.74, 6) is 0. The van der Waals surface area contributed by atoms with E-state index < -0.39 is 0 Å². The predicted molar refractivity (Wildman–Crippen MR) is 286 cm³/mol. The van der Waals surface area contributed by atoms with Gasteiger partial charge in [0.25, 0.3) is 0 Å². The highest BCUT2D eigenvalue weighted by molar-refractivity contribution is 6.06. The molecule has 0 atom stereocenters. The summed E-state index contributed by atoms with van der Waals surface area (Å²) in [7, 11) is 0. The van der Waals surface area contributed by atoms with E-state index in [9.17, 15) is 0 Å². The van der Waals surface area contributed by atoms with Gasteiger partial charge in [-0.1, -0.05) is 206 Å². The van der Waals surface area contributed by atoms with Crippen molar-refractivity contribution in [1.82, 2.24) is 0 Å². The maximum absolute atomic E-state index is 2.51. The summed E-state index contributed by atoms with van der Waals surface area (Å²) in [6.07, 6.45) is 0. The molecule has 67 heavy (non-hydrogen) atoms. The molecule has 0 unspecified atom stereocenters. The Morgan fingerprint density at radius 2 is 0.836 bits per heavy atom. The van der Waals surface area contributed by atoms with Crippen LogP contribution < -0.4 is 4.90 Å². The Kier molecular flexibility index (Phi) is 9.19. The first-order valence-electron chi connectivity index (χ1n) is 23.9. The van der Waals surface area contributed by atoms with Crippen LogP contribution in [0.15, 0.2) is 206 Å². The zero-order valence-electron chi connectivity index (χ0n) is 39.6. The Morgan fingerprint density at radius 3 is 1.51 bits per heavy atom. The largest absolute Gasteiger partial charge is 0.310 e. The summed E-state index contributed by atoms with van der Waals surface area (Å²) >= 11 is 0. The van der Waals surface area contributed by atoms with E-state index >= 15 is 0 Å². The smallest absolute Gasteiger partial charge is 0.0546 e. The third kappa shape index (κ3) is 6.58. The summed E-state index contributed by atoms with van der Waals surface area (Å²) < 4.78 is 0. The number of fused-ring (bicyclic) bond motifs is 8. The quantitative estimate of drug-likeness (QED) is 0.161. The summed E-state index contributed by atoms with van der Waals surface area (Å²) in [4.78, 5) is 2.51. The van der Waals surface area contributed by atoms with Crippen LogP contribution in [0.25, 0.3) is 77.2 Å². The number of nitrogens with zero attached hydrogens (tertiary/aromatic N) is 1. The van der Waals surface area contributed by atoms with Crippen molar-refractivity contribution in [3.05, 3.63) is 234 Å². The second-order valence-corrected chi connectivity index (χ2v) is 21.0. The fraction of sp³-hybridized carbons (Fsp3) is 0.152. The summed E-state index contributed by atoms with van der Waals surface area (Å²) in [5, 5.41) is 5.02. The highest BCUT2D eigenvalue weighted by Gasteiger charge is 2.38. The van der Waals surface area contributed by atoms with Crippen LogP contribution in [0.5, 0.6) is 0 Å². The second-order valence-electron chi connectivity index (χ2n) is 21.0. The molecule has 1 heteroatoms. The van der Waals surface area contributed by atoms with Gasteiger partial charge in [0.05, 0.1) is 5.69 Å². The van der Waals surface area contributed by atoms with Crippen LogP contribution in [0, 0.1) is 0 Å². The van der Waals surface area contributed by atoms with Gasteiger partial charge in [-0.2, -0.15) is 0 Å². The Bertz CT molecular complexity index is 3580. The van der Waals surface area contributed by atoms with Gasteiger partial charge in [0.2, 0.25) is 0 Å². The average Bonchev–Trinajstić information content (AvgIpc) is 3.71. The van der Waals surface area contributed by atoms with Gasteiger partial charge in [-0.05, 0) is 153 Å². The molecule has 2 aliphatic rings. The van der Waals surface area contributed by atoms with Crippen LogP contribution in [0.1, 0.15) is 76.3 Å². The molecule has 0 amide bonds. The van der Waals surface area contributed by atoms with E-state index in [0.29, 0.717) is 0 Å². The lowest BCUT2D eigenvalue weighted by atomic mass is 9.81. The highest BCUT2D eigenvalue weighted by atomic mass is 15.1. The van der Waals surface area contributed by atoms with Crippen LogP contribution in [0.2, 0.25) is 0 Å². The maximum Gasteiger partial charge on any atom is 0.0546 e. The molecule has 0 fully saturated rings. The molecule has 12 rings (SSSR count). The van der Waals surface area contributed by atoms with E-state index in [1.807, 2.05) is 0 Å². The number of benzene rings is 10. The monoisotopic (exact) mass is 861 g/mol. The van der Waals surface area contributed by atoms with Crippen molar-refractivity contribution in [3.63, 3.8) is 0 Å². The molecule has 0 aliphatic heterocycles. The van der Waals surface area contributed by atoms with Crippen LogP contribution in [0.3, 0.4) is 0 Å². The lowest BCUT2D eigenvalue weighted by Gasteiger charge is -2.30. The highest BCUT2D eigenvalue weighted by Crippen LogP contribution is 2.54. The molecule has 2 aliphatic carbocycles. The minimum atomic E-state index is -0.131. The number of anilines is 3. The molecule has 0 radical (unpaired) electrons. The van der Waals surface area contributed by atoms with Crippen molar-refractivity contribution in [3.8, 4) is 55.6 Å². The molecule has 0 N–H and O–H groups in total. The SMILES string of the molecule is CC(C)(C)c1ccc(-c2ccc(-c3ccc(N(c4ccc5c(c4)-c4cc6ccccc6cc4C5(C)C)c4ccc5ccccc5c4-c4ccc5c(c4)C(C)(C)c4ccccc4-5)cc3)cc2)cc1. The lowest BCUT2D eigenvalue weighted by Crippen LogP contribution is -2.16. The Labute approximate surface area is 396 Å². The Morgan fingerprint density at radius 1 is 0.343 bits per heavy atom. The molecular formula is C66H55N.